The summed E-state index contributed by atoms with van der Waals surface area (Å²) in [6.45, 7) is 0. The minimum Gasteiger partial charge on any atom is -0.207 e. The summed E-state index contributed by atoms with van der Waals surface area (Å²) in [6, 6.07) is 0. The van der Waals surface area contributed by atoms with Crippen LogP contribution in [0.5, 0.6) is 0 Å². The quantitative estimate of drug-likeness (QED) is 0.193. The van der Waals surface area contributed by atoms with Crippen LogP contribution >= 0.6 is 12.9 Å². The topological polar surface area (TPSA) is 46.2 Å². The van der Waals surface area contributed by atoms with Crippen LogP contribution in [0.25, 0.3) is 0 Å². The molecule has 7 heavy (non-hydrogen) atoms. The van der Waals surface area contributed by atoms with E-state index in [9.17, 15) is 0 Å². The third-order valence-electron chi connectivity index (χ3n) is 0.154. The lowest BCUT2D eigenvalue weighted by molar-refractivity contribution is -0.685. The van der Waals surface area contributed by atoms with E-state index in [2.05, 4.69) is 37.2 Å². The molecule has 0 heterocycles. The van der Waals surface area contributed by atoms with E-state index < -0.39 is 0 Å². The van der Waals surface area contributed by atoms with E-state index in [0.29, 0.717) is 0 Å². The molecule has 0 atom stereocenters. The first-order valence-electron chi connectivity index (χ1n) is 1.26. The average Bonchev–Trinajstić information content (AvgIpc) is 1.69. The highest BCUT2D eigenvalue weighted by atomic mass is 32.1. The van der Waals surface area contributed by atoms with Crippen molar-refractivity contribution >= 4 is 12.9 Å². The molecule has 0 bridgehead atoms. The zero-order chi connectivity index (χ0) is 5.54. The normalized spacial score (nSPS) is 9.43. The zero-order valence-corrected chi connectivity index (χ0v) is 4.38. The summed E-state index contributed by atoms with van der Waals surface area (Å²) in [5.41, 5.74) is 0. The number of rotatable bonds is 4. The second-order valence-corrected chi connectivity index (χ2v) is 0.594. The molecule has 0 aromatic carbocycles. The van der Waals surface area contributed by atoms with Crippen molar-refractivity contribution in [2.75, 3.05) is 7.11 Å². The van der Waals surface area contributed by atoms with Gasteiger partial charge in [-0.2, -0.15) is 0 Å². The van der Waals surface area contributed by atoms with Crippen molar-refractivity contribution in [3.63, 3.8) is 0 Å². The predicted octanol–water partition coefficient (Wildman–Crippen LogP) is 0.204. The predicted molar refractivity (Wildman–Crippen MR) is 20.3 cm³/mol. The molecule has 0 spiro atoms. The summed E-state index contributed by atoms with van der Waals surface area (Å²) in [4.78, 5) is 3.88. The highest BCUT2D eigenvalue weighted by Gasteiger charge is 1.80. The molecule has 0 aliphatic carbocycles. The van der Waals surface area contributed by atoms with Crippen LogP contribution in [0.1, 0.15) is 0 Å². The Labute approximate surface area is 45.4 Å². The summed E-state index contributed by atoms with van der Waals surface area (Å²) in [5.74, 6) is 0. The van der Waals surface area contributed by atoms with Crippen molar-refractivity contribution in [1.29, 1.82) is 0 Å². The summed E-state index contributed by atoms with van der Waals surface area (Å²) in [7, 11) is 1.24. The third-order valence-corrected chi connectivity index (χ3v) is 0.215. The summed E-state index contributed by atoms with van der Waals surface area (Å²) in [5, 5.41) is 10.9. The molecule has 5 nitrogen and oxygen atoms in total. The summed E-state index contributed by atoms with van der Waals surface area (Å²) >= 11 is 3.11. The maximum Gasteiger partial charge on any atom is 0.0745 e. The molecule has 44 valence electrons. The first-order chi connectivity index (χ1) is 3.41. The van der Waals surface area contributed by atoms with Crippen LogP contribution in [-0.2, 0) is 24.3 Å². The minimum absolute atomic E-state index is 1.24. The molecule has 0 aromatic heterocycles. The summed E-state index contributed by atoms with van der Waals surface area (Å²) < 4.78 is 3.61. The molecule has 0 N–H and O–H groups in total. The molecule has 0 radical (unpaired) electrons. The Hall–Kier alpha value is 0.150. The SMILES string of the molecule is COOOOOS. The van der Waals surface area contributed by atoms with Crippen molar-refractivity contribution in [2.24, 2.45) is 0 Å². The smallest absolute Gasteiger partial charge is 0.0745 e. The van der Waals surface area contributed by atoms with Gasteiger partial charge in [0, 0.05) is 12.9 Å². The second-order valence-electron chi connectivity index (χ2n) is 0.445. The van der Waals surface area contributed by atoms with Crippen LogP contribution in [0, 0.1) is 0 Å². The zero-order valence-electron chi connectivity index (χ0n) is 3.49. The Morgan fingerprint density at radius 2 is 1.86 bits per heavy atom. The summed E-state index contributed by atoms with van der Waals surface area (Å²) in [6.07, 6.45) is 0. The van der Waals surface area contributed by atoms with Gasteiger partial charge >= 0.3 is 0 Å². The molecular weight excluding hydrogens is 124 g/mol. The van der Waals surface area contributed by atoms with Gasteiger partial charge in [-0.05, 0) is 15.1 Å². The third kappa shape index (κ3) is 6.15. The molecule has 0 amide bonds. The van der Waals surface area contributed by atoms with E-state index in [1.807, 2.05) is 0 Å². The van der Waals surface area contributed by atoms with Gasteiger partial charge in [0.25, 0.3) is 0 Å². The minimum atomic E-state index is 1.24. The van der Waals surface area contributed by atoms with Crippen LogP contribution in [0.3, 0.4) is 0 Å². The Balaban J connectivity index is 2.45. The van der Waals surface area contributed by atoms with Gasteiger partial charge in [-0.1, -0.05) is 0 Å². The molecule has 0 fully saturated rings. The van der Waals surface area contributed by atoms with E-state index in [0.717, 1.165) is 0 Å². The van der Waals surface area contributed by atoms with Gasteiger partial charge in [-0.15, -0.1) is 4.33 Å². The van der Waals surface area contributed by atoms with Gasteiger partial charge in [0.05, 0.1) is 7.11 Å². The van der Waals surface area contributed by atoms with Crippen molar-refractivity contribution in [3.8, 4) is 0 Å². The molecular formula is CH4O5S. The van der Waals surface area contributed by atoms with Crippen molar-refractivity contribution < 1.29 is 24.3 Å². The fourth-order valence-corrected chi connectivity index (χ4v) is 0.0764. The number of thiol groups is 1. The lowest BCUT2D eigenvalue weighted by atomic mass is 11.8. The van der Waals surface area contributed by atoms with E-state index >= 15 is 0 Å². The highest BCUT2D eigenvalue weighted by Crippen LogP contribution is 1.83. The van der Waals surface area contributed by atoms with Crippen molar-refractivity contribution in [1.82, 2.24) is 0 Å². The monoisotopic (exact) mass is 128 g/mol. The van der Waals surface area contributed by atoms with Crippen LogP contribution in [0.15, 0.2) is 0 Å². The standard InChI is InChI=1S/CH4O5S/c1-2-3-4-5-6-7/h7H,1H3. The molecule has 0 unspecified atom stereocenters. The van der Waals surface area contributed by atoms with Crippen LogP contribution in [0.4, 0.5) is 0 Å². The average molecular weight is 128 g/mol. The molecule has 0 aliphatic rings. The Morgan fingerprint density at radius 1 is 1.14 bits per heavy atom. The van der Waals surface area contributed by atoms with E-state index in [1.54, 1.807) is 0 Å². The van der Waals surface area contributed by atoms with Gasteiger partial charge in [-0.3, -0.25) is 0 Å². The lowest BCUT2D eigenvalue weighted by Crippen LogP contribution is -1.90. The number of hydrogen-bond donors (Lipinski definition) is 1. The van der Waals surface area contributed by atoms with Gasteiger partial charge in [0.1, 0.15) is 0 Å². The van der Waals surface area contributed by atoms with E-state index in [-0.39, 0.29) is 0 Å². The van der Waals surface area contributed by atoms with Gasteiger partial charge in [0.2, 0.25) is 0 Å². The fraction of sp³-hybridized carbons (Fsp3) is 1.00. The van der Waals surface area contributed by atoms with Gasteiger partial charge in [-0.25, -0.2) is 4.89 Å². The Morgan fingerprint density at radius 3 is 2.29 bits per heavy atom. The second kappa shape index (κ2) is 6.15. The Kier molecular flexibility index (Phi) is 6.28. The van der Waals surface area contributed by atoms with Crippen molar-refractivity contribution in [3.05, 3.63) is 0 Å². The van der Waals surface area contributed by atoms with Crippen LogP contribution in [-0.4, -0.2) is 7.11 Å². The molecule has 0 saturated carbocycles. The van der Waals surface area contributed by atoms with Crippen molar-refractivity contribution in [2.45, 2.75) is 0 Å². The Bertz CT molecular complexity index is 27.3. The van der Waals surface area contributed by atoms with Gasteiger partial charge < -0.3 is 0 Å². The molecule has 0 rings (SSSR count). The molecule has 0 aromatic rings. The van der Waals surface area contributed by atoms with E-state index in [4.69, 9.17) is 0 Å². The first kappa shape index (κ1) is 7.15. The van der Waals surface area contributed by atoms with Crippen LogP contribution < -0.4 is 0 Å². The largest absolute Gasteiger partial charge is 0.207 e. The lowest BCUT2D eigenvalue weighted by Gasteiger charge is -1.90. The maximum absolute atomic E-state index is 3.88. The maximum atomic E-state index is 3.88. The highest BCUT2D eigenvalue weighted by molar-refractivity contribution is 7.74. The molecule has 0 aliphatic heterocycles. The van der Waals surface area contributed by atoms with E-state index in [1.165, 1.54) is 7.11 Å². The van der Waals surface area contributed by atoms with Gasteiger partial charge in [0.15, 0.2) is 0 Å². The molecule has 0 saturated heterocycles. The first-order valence-corrected chi connectivity index (χ1v) is 1.62. The van der Waals surface area contributed by atoms with Crippen LogP contribution in [0.2, 0.25) is 0 Å². The molecule has 6 heteroatoms. The fourth-order valence-electron chi connectivity index (χ4n) is 0.0515. The number of hydrogen-bond acceptors (Lipinski definition) is 6.